The van der Waals surface area contributed by atoms with E-state index in [2.05, 4.69) is 9.97 Å². The van der Waals surface area contributed by atoms with Gasteiger partial charge in [0, 0.05) is 38.0 Å². The summed E-state index contributed by atoms with van der Waals surface area (Å²) in [6, 6.07) is 18.0. The molecule has 1 fully saturated rings. The molecule has 4 rings (SSSR count). The summed E-state index contributed by atoms with van der Waals surface area (Å²) in [6.07, 6.45) is 0.0719. The normalized spacial score (nSPS) is 14.0. The van der Waals surface area contributed by atoms with E-state index in [1.165, 1.54) is 23.9 Å². The molecule has 0 radical (unpaired) electrons. The molecule has 8 heteroatoms. The highest BCUT2D eigenvalue weighted by atomic mass is 32.2. The van der Waals surface area contributed by atoms with Crippen molar-refractivity contribution in [2.45, 2.75) is 17.3 Å². The maximum atomic E-state index is 14.0. The van der Waals surface area contributed by atoms with Crippen LogP contribution >= 0.6 is 11.8 Å². The van der Waals surface area contributed by atoms with Gasteiger partial charge < -0.3 is 14.8 Å². The molecule has 0 bridgehead atoms. The number of aromatic nitrogens is 2. The van der Waals surface area contributed by atoms with Crippen molar-refractivity contribution in [2.75, 3.05) is 31.1 Å². The Kier molecular flexibility index (Phi) is 6.66. The Morgan fingerprint density at radius 3 is 2.48 bits per heavy atom. The minimum atomic E-state index is -0.266. The highest BCUT2D eigenvalue weighted by Crippen LogP contribution is 2.21. The predicted octanol–water partition coefficient (Wildman–Crippen LogP) is 3.09. The van der Waals surface area contributed by atoms with Crippen LogP contribution in [0.2, 0.25) is 0 Å². The van der Waals surface area contributed by atoms with E-state index in [-0.39, 0.29) is 23.7 Å². The minimum absolute atomic E-state index is 0.0719. The van der Waals surface area contributed by atoms with Crippen molar-refractivity contribution < 1.29 is 9.18 Å². The van der Waals surface area contributed by atoms with Crippen LogP contribution in [-0.2, 0) is 17.0 Å². The first kappa shape index (κ1) is 21.1. The number of thioether (sulfide) groups is 1. The molecule has 160 valence electrons. The second kappa shape index (κ2) is 9.78. The van der Waals surface area contributed by atoms with Gasteiger partial charge in [0.25, 0.3) is 5.56 Å². The summed E-state index contributed by atoms with van der Waals surface area (Å²) in [4.78, 5) is 35.7. The highest BCUT2D eigenvalue weighted by molar-refractivity contribution is 7.98. The van der Waals surface area contributed by atoms with E-state index in [0.29, 0.717) is 48.5 Å². The minimum Gasteiger partial charge on any atom is -0.366 e. The third kappa shape index (κ3) is 5.52. The van der Waals surface area contributed by atoms with Gasteiger partial charge in [-0.2, -0.15) is 0 Å². The van der Waals surface area contributed by atoms with Gasteiger partial charge in [-0.05, 0) is 17.7 Å². The molecule has 0 aliphatic carbocycles. The molecule has 1 N–H and O–H groups in total. The number of aromatic amines is 1. The molecule has 1 aromatic heterocycles. The summed E-state index contributed by atoms with van der Waals surface area (Å²) >= 11 is 1.43. The molecular weight excluding hydrogens is 415 g/mol. The molecule has 1 saturated heterocycles. The first-order chi connectivity index (χ1) is 15.1. The Labute approximate surface area is 184 Å². The lowest BCUT2D eigenvalue weighted by Crippen LogP contribution is -2.49. The molecule has 0 spiro atoms. The molecule has 0 saturated carbocycles. The van der Waals surface area contributed by atoms with Crippen molar-refractivity contribution in [1.29, 1.82) is 0 Å². The molecule has 2 heterocycles. The van der Waals surface area contributed by atoms with Gasteiger partial charge in [0.1, 0.15) is 5.82 Å². The number of halogens is 1. The second-order valence-corrected chi connectivity index (χ2v) is 8.28. The lowest BCUT2D eigenvalue weighted by atomic mass is 10.2. The van der Waals surface area contributed by atoms with Crippen LogP contribution < -0.4 is 10.5 Å². The Morgan fingerprint density at radius 1 is 1.03 bits per heavy atom. The third-order valence-corrected chi connectivity index (χ3v) is 6.09. The fourth-order valence-corrected chi connectivity index (χ4v) is 4.39. The first-order valence-electron chi connectivity index (χ1n) is 10.1. The van der Waals surface area contributed by atoms with Crippen LogP contribution in [0.5, 0.6) is 0 Å². The number of anilines is 1. The largest absolute Gasteiger partial charge is 0.366 e. The monoisotopic (exact) mass is 438 g/mol. The van der Waals surface area contributed by atoms with E-state index >= 15 is 0 Å². The molecular formula is C23H23FN4O2S. The molecule has 0 unspecified atom stereocenters. The third-order valence-electron chi connectivity index (χ3n) is 5.15. The molecule has 1 aliphatic heterocycles. The van der Waals surface area contributed by atoms with E-state index in [9.17, 15) is 14.0 Å². The van der Waals surface area contributed by atoms with E-state index < -0.39 is 0 Å². The zero-order valence-corrected chi connectivity index (χ0v) is 17.8. The molecule has 3 aromatic rings. The number of nitrogens with zero attached hydrogens (tertiary/aromatic N) is 3. The van der Waals surface area contributed by atoms with Crippen molar-refractivity contribution in [3.8, 4) is 0 Å². The Hall–Kier alpha value is -3.13. The number of piperazine rings is 1. The molecule has 1 amide bonds. The van der Waals surface area contributed by atoms with Gasteiger partial charge >= 0.3 is 0 Å². The predicted molar refractivity (Wildman–Crippen MR) is 120 cm³/mol. The summed E-state index contributed by atoms with van der Waals surface area (Å²) in [7, 11) is 0. The standard InChI is InChI=1S/C23H23FN4O2S/c24-19-8-4-5-9-20(19)27-10-12-28(13-11-27)22(30)15-18-14-21(29)26-23(25-18)31-16-17-6-2-1-3-7-17/h1-9,14H,10-13,15-16H2,(H,25,26,29). The van der Waals surface area contributed by atoms with Crippen molar-refractivity contribution in [3.05, 3.63) is 88.1 Å². The van der Waals surface area contributed by atoms with Crippen molar-refractivity contribution in [2.24, 2.45) is 0 Å². The maximum absolute atomic E-state index is 14.0. The number of rotatable bonds is 6. The lowest BCUT2D eigenvalue weighted by Gasteiger charge is -2.36. The van der Waals surface area contributed by atoms with Crippen molar-refractivity contribution in [3.63, 3.8) is 0 Å². The number of hydrogen-bond donors (Lipinski definition) is 1. The van der Waals surface area contributed by atoms with Crippen LogP contribution in [0.15, 0.2) is 70.6 Å². The smallest absolute Gasteiger partial charge is 0.251 e. The highest BCUT2D eigenvalue weighted by Gasteiger charge is 2.23. The van der Waals surface area contributed by atoms with Crippen LogP contribution in [-0.4, -0.2) is 47.0 Å². The fourth-order valence-electron chi connectivity index (χ4n) is 3.54. The lowest BCUT2D eigenvalue weighted by molar-refractivity contribution is -0.130. The Morgan fingerprint density at radius 2 is 1.74 bits per heavy atom. The van der Waals surface area contributed by atoms with Crippen LogP contribution in [0.4, 0.5) is 10.1 Å². The molecule has 0 atom stereocenters. The van der Waals surface area contributed by atoms with Gasteiger partial charge in [0.05, 0.1) is 17.8 Å². The van der Waals surface area contributed by atoms with Crippen LogP contribution in [0.25, 0.3) is 0 Å². The number of amides is 1. The number of benzene rings is 2. The number of carbonyl (C=O) groups excluding carboxylic acids is 1. The summed E-state index contributed by atoms with van der Waals surface area (Å²) in [5.74, 6) is 0.347. The van der Waals surface area contributed by atoms with Gasteiger partial charge in [-0.15, -0.1) is 0 Å². The van der Waals surface area contributed by atoms with E-state index in [0.717, 1.165) is 5.56 Å². The average Bonchev–Trinajstić information content (AvgIpc) is 2.78. The molecule has 31 heavy (non-hydrogen) atoms. The van der Waals surface area contributed by atoms with E-state index in [1.807, 2.05) is 41.3 Å². The number of carbonyl (C=O) groups is 1. The van der Waals surface area contributed by atoms with Gasteiger partial charge in [-0.25, -0.2) is 9.37 Å². The summed E-state index contributed by atoms with van der Waals surface area (Å²) in [5, 5.41) is 0.503. The van der Waals surface area contributed by atoms with Gasteiger partial charge in [-0.1, -0.05) is 54.2 Å². The number of H-pyrrole nitrogens is 1. The zero-order chi connectivity index (χ0) is 21.6. The SMILES string of the molecule is O=C(Cc1cc(=O)[nH]c(SCc2ccccc2)n1)N1CCN(c2ccccc2F)CC1. The zero-order valence-electron chi connectivity index (χ0n) is 17.0. The molecule has 2 aromatic carbocycles. The maximum Gasteiger partial charge on any atom is 0.251 e. The number of hydrogen-bond acceptors (Lipinski definition) is 5. The Balaban J connectivity index is 1.35. The number of para-hydroxylation sites is 1. The summed E-state index contributed by atoms with van der Waals surface area (Å²) < 4.78 is 14.0. The summed E-state index contributed by atoms with van der Waals surface area (Å²) in [6.45, 7) is 2.14. The van der Waals surface area contributed by atoms with Gasteiger partial charge in [-0.3, -0.25) is 9.59 Å². The quantitative estimate of drug-likeness (QED) is 0.473. The van der Waals surface area contributed by atoms with Gasteiger partial charge in [0.15, 0.2) is 5.16 Å². The molecule has 1 aliphatic rings. The van der Waals surface area contributed by atoms with Gasteiger partial charge in [0.2, 0.25) is 5.91 Å². The average molecular weight is 439 g/mol. The summed E-state index contributed by atoms with van der Waals surface area (Å²) in [5.41, 5.74) is 1.88. The van der Waals surface area contributed by atoms with Crippen molar-refractivity contribution in [1.82, 2.24) is 14.9 Å². The fraction of sp³-hybridized carbons (Fsp3) is 0.261. The van der Waals surface area contributed by atoms with E-state index in [4.69, 9.17) is 0 Å². The number of nitrogens with one attached hydrogen (secondary N) is 1. The molecule has 6 nitrogen and oxygen atoms in total. The topological polar surface area (TPSA) is 69.3 Å². The van der Waals surface area contributed by atoms with Crippen molar-refractivity contribution >= 4 is 23.4 Å². The Bertz CT molecular complexity index is 1100. The first-order valence-corrected chi connectivity index (χ1v) is 11.1. The van der Waals surface area contributed by atoms with Crippen LogP contribution in [0.1, 0.15) is 11.3 Å². The second-order valence-electron chi connectivity index (χ2n) is 7.31. The van der Waals surface area contributed by atoms with Crippen LogP contribution in [0.3, 0.4) is 0 Å². The van der Waals surface area contributed by atoms with E-state index in [1.54, 1.807) is 17.0 Å². The van der Waals surface area contributed by atoms with Crippen LogP contribution in [0, 0.1) is 5.82 Å².